The molecule has 0 aliphatic carbocycles. The van der Waals surface area contributed by atoms with E-state index in [1.165, 1.54) is 0 Å². The predicted octanol–water partition coefficient (Wildman–Crippen LogP) is 5.20. The van der Waals surface area contributed by atoms with E-state index in [-0.39, 0.29) is 12.1 Å². The lowest BCUT2D eigenvalue weighted by atomic mass is 10.0. The summed E-state index contributed by atoms with van der Waals surface area (Å²) in [5.74, 6) is 0. The summed E-state index contributed by atoms with van der Waals surface area (Å²) in [6.07, 6.45) is 7.60. The Morgan fingerprint density at radius 1 is 0.968 bits per heavy atom. The van der Waals surface area contributed by atoms with E-state index < -0.39 is 0 Å². The fraction of sp³-hybridized carbons (Fsp3) is 0.125. The summed E-state index contributed by atoms with van der Waals surface area (Å²) < 4.78 is 3.28. The van der Waals surface area contributed by atoms with Crippen LogP contribution in [0.15, 0.2) is 96.0 Å². The van der Waals surface area contributed by atoms with E-state index in [1.807, 2.05) is 36.7 Å². The molecule has 0 radical (unpaired) electrons. The Morgan fingerprint density at radius 2 is 1.84 bits per heavy atom. The highest BCUT2D eigenvalue weighted by Gasteiger charge is 2.41. The topological polar surface area (TPSA) is 46.0 Å². The predicted molar refractivity (Wildman–Crippen MR) is 129 cm³/mol. The van der Waals surface area contributed by atoms with Crippen LogP contribution in [0.3, 0.4) is 0 Å². The van der Waals surface area contributed by atoms with Crippen LogP contribution in [0, 0.1) is 0 Å². The Bertz CT molecular complexity index is 1180. The van der Waals surface area contributed by atoms with Crippen LogP contribution >= 0.6 is 28.1 Å². The summed E-state index contributed by atoms with van der Waals surface area (Å²) >= 11 is 9.33. The second-order valence-corrected chi connectivity index (χ2v) is 8.70. The van der Waals surface area contributed by atoms with Gasteiger partial charge in [0.1, 0.15) is 0 Å². The number of hydrogen-bond donors (Lipinski definition) is 1. The molecule has 1 aliphatic rings. The van der Waals surface area contributed by atoms with Crippen molar-refractivity contribution in [2.24, 2.45) is 0 Å². The van der Waals surface area contributed by atoms with Gasteiger partial charge in [0.05, 0.1) is 17.8 Å². The molecule has 0 bridgehead atoms. The van der Waals surface area contributed by atoms with Gasteiger partial charge in [0.2, 0.25) is 0 Å². The monoisotopic (exact) mass is 489 g/mol. The smallest absolute Gasteiger partial charge is 0.170 e. The standard InChI is InChI=1S/C24H20BrN5S/c25-18-8-10-19(11-9-18)29-14-4-7-21(29)23-22(20-6-1-2-13-27-20)28-24(31)30(23)16-17-5-3-12-26-15-17/h1-15,22-23H,16H2,(H,28,31)/t22-,23-/m0/s1. The van der Waals surface area contributed by atoms with Crippen LogP contribution in [0.1, 0.15) is 29.0 Å². The molecule has 154 valence electrons. The summed E-state index contributed by atoms with van der Waals surface area (Å²) in [7, 11) is 0. The number of benzene rings is 1. The molecule has 0 unspecified atom stereocenters. The van der Waals surface area contributed by atoms with Crippen molar-refractivity contribution in [3.8, 4) is 5.69 Å². The van der Waals surface area contributed by atoms with Crippen molar-refractivity contribution in [3.63, 3.8) is 0 Å². The van der Waals surface area contributed by atoms with Crippen molar-refractivity contribution < 1.29 is 0 Å². The lowest BCUT2D eigenvalue weighted by Crippen LogP contribution is -2.30. The number of hydrogen-bond acceptors (Lipinski definition) is 3. The summed E-state index contributed by atoms with van der Waals surface area (Å²) in [6, 6.07) is 22.5. The molecule has 0 spiro atoms. The molecule has 0 saturated carbocycles. The van der Waals surface area contributed by atoms with Gasteiger partial charge >= 0.3 is 0 Å². The zero-order chi connectivity index (χ0) is 21.2. The van der Waals surface area contributed by atoms with Crippen LogP contribution in [0.25, 0.3) is 5.69 Å². The van der Waals surface area contributed by atoms with Gasteiger partial charge in [-0.05, 0) is 72.4 Å². The molecule has 1 aliphatic heterocycles. The van der Waals surface area contributed by atoms with Crippen molar-refractivity contribution in [1.29, 1.82) is 0 Å². The second kappa shape index (κ2) is 8.61. The first kappa shape index (κ1) is 19.9. The van der Waals surface area contributed by atoms with E-state index in [4.69, 9.17) is 12.2 Å². The molecule has 5 rings (SSSR count). The zero-order valence-corrected chi connectivity index (χ0v) is 19.0. The highest BCUT2D eigenvalue weighted by Crippen LogP contribution is 2.40. The van der Waals surface area contributed by atoms with Crippen molar-refractivity contribution in [3.05, 3.63) is 113 Å². The molecule has 1 saturated heterocycles. The Balaban J connectivity index is 1.60. The lowest BCUT2D eigenvalue weighted by molar-refractivity contribution is 0.302. The van der Waals surface area contributed by atoms with Crippen molar-refractivity contribution in [2.45, 2.75) is 18.6 Å². The van der Waals surface area contributed by atoms with Crippen LogP contribution in [-0.4, -0.2) is 24.5 Å². The number of thiocarbonyl (C=S) groups is 1. The molecule has 7 heteroatoms. The normalized spacial score (nSPS) is 18.2. The van der Waals surface area contributed by atoms with Crippen LogP contribution < -0.4 is 5.32 Å². The van der Waals surface area contributed by atoms with Crippen LogP contribution in [0.2, 0.25) is 0 Å². The van der Waals surface area contributed by atoms with Gasteiger partial charge < -0.3 is 14.8 Å². The van der Waals surface area contributed by atoms with Crippen LogP contribution in [0.4, 0.5) is 0 Å². The first-order chi connectivity index (χ1) is 15.2. The molecule has 31 heavy (non-hydrogen) atoms. The Morgan fingerprint density at radius 3 is 2.58 bits per heavy atom. The van der Waals surface area contributed by atoms with Gasteiger partial charge in [0, 0.05) is 47.2 Å². The molecule has 1 N–H and O–H groups in total. The minimum atomic E-state index is -0.0607. The molecule has 4 aromatic rings. The molecule has 0 amide bonds. The van der Waals surface area contributed by atoms with Gasteiger partial charge in [-0.25, -0.2) is 0 Å². The number of pyridine rings is 2. The van der Waals surface area contributed by atoms with Crippen molar-refractivity contribution in [2.75, 3.05) is 0 Å². The third kappa shape index (κ3) is 3.98. The number of halogens is 1. The molecule has 5 nitrogen and oxygen atoms in total. The van der Waals surface area contributed by atoms with Gasteiger partial charge in [-0.15, -0.1) is 0 Å². The van der Waals surface area contributed by atoms with Crippen LogP contribution in [0.5, 0.6) is 0 Å². The number of rotatable bonds is 5. The molecular formula is C24H20BrN5S. The Hall–Kier alpha value is -3.03. The van der Waals surface area contributed by atoms with Gasteiger partial charge in [-0.1, -0.05) is 28.1 Å². The van der Waals surface area contributed by atoms with Crippen molar-refractivity contribution >= 4 is 33.3 Å². The molecule has 2 atom stereocenters. The summed E-state index contributed by atoms with van der Waals surface area (Å²) in [4.78, 5) is 11.1. The Labute approximate surface area is 194 Å². The third-order valence-electron chi connectivity index (χ3n) is 5.46. The van der Waals surface area contributed by atoms with E-state index in [1.54, 1.807) is 6.20 Å². The van der Waals surface area contributed by atoms with E-state index in [2.05, 4.69) is 89.3 Å². The molecule has 1 fully saturated rings. The summed E-state index contributed by atoms with van der Waals surface area (Å²) in [6.45, 7) is 0.666. The third-order valence-corrected chi connectivity index (χ3v) is 6.34. The van der Waals surface area contributed by atoms with E-state index in [9.17, 15) is 0 Å². The minimum absolute atomic E-state index is 0.0266. The highest BCUT2D eigenvalue weighted by molar-refractivity contribution is 9.10. The largest absolute Gasteiger partial charge is 0.352 e. The number of aromatic nitrogens is 3. The first-order valence-corrected chi connectivity index (χ1v) is 11.2. The lowest BCUT2D eigenvalue weighted by Gasteiger charge is -2.29. The van der Waals surface area contributed by atoms with E-state index >= 15 is 0 Å². The van der Waals surface area contributed by atoms with Crippen LogP contribution in [-0.2, 0) is 6.54 Å². The average Bonchev–Trinajstić information content (AvgIpc) is 3.40. The van der Waals surface area contributed by atoms with Gasteiger partial charge in [0.25, 0.3) is 0 Å². The summed E-state index contributed by atoms with van der Waals surface area (Å²) in [5, 5.41) is 4.24. The van der Waals surface area contributed by atoms with E-state index in [0.717, 1.165) is 27.1 Å². The maximum absolute atomic E-state index is 5.80. The highest BCUT2D eigenvalue weighted by atomic mass is 79.9. The molecule has 3 aromatic heterocycles. The maximum Gasteiger partial charge on any atom is 0.170 e. The fourth-order valence-corrected chi connectivity index (χ4v) is 4.63. The molecular weight excluding hydrogens is 470 g/mol. The van der Waals surface area contributed by atoms with Gasteiger partial charge in [-0.2, -0.15) is 0 Å². The summed E-state index contributed by atoms with van der Waals surface area (Å²) in [5.41, 5.74) is 4.32. The maximum atomic E-state index is 5.80. The van der Waals surface area contributed by atoms with Gasteiger partial charge in [-0.3, -0.25) is 9.97 Å². The second-order valence-electron chi connectivity index (χ2n) is 7.40. The average molecular weight is 490 g/mol. The molecule has 4 heterocycles. The zero-order valence-electron chi connectivity index (χ0n) is 16.6. The number of nitrogens with zero attached hydrogens (tertiary/aromatic N) is 4. The fourth-order valence-electron chi connectivity index (χ4n) is 4.06. The number of nitrogens with one attached hydrogen (secondary N) is 1. The first-order valence-electron chi connectivity index (χ1n) is 10.0. The quantitative estimate of drug-likeness (QED) is 0.390. The van der Waals surface area contributed by atoms with Crippen molar-refractivity contribution in [1.82, 2.24) is 24.8 Å². The SMILES string of the molecule is S=C1N[C@@H](c2ccccn2)[C@H](c2cccn2-c2ccc(Br)cc2)N1Cc1cccnc1. The molecule has 1 aromatic carbocycles. The minimum Gasteiger partial charge on any atom is -0.352 e. The van der Waals surface area contributed by atoms with Gasteiger partial charge in [0.15, 0.2) is 5.11 Å². The van der Waals surface area contributed by atoms with E-state index in [0.29, 0.717) is 11.7 Å². The Kier molecular flexibility index (Phi) is 5.53.